The lowest BCUT2D eigenvalue weighted by Crippen LogP contribution is -2.19. The second-order valence-electron chi connectivity index (χ2n) is 5.70. The van der Waals surface area contributed by atoms with Crippen molar-refractivity contribution < 1.29 is 9.53 Å². The van der Waals surface area contributed by atoms with Crippen molar-refractivity contribution in [2.75, 3.05) is 6.61 Å². The van der Waals surface area contributed by atoms with Crippen LogP contribution >= 0.6 is 0 Å². The van der Waals surface area contributed by atoms with Gasteiger partial charge in [-0.25, -0.2) is 0 Å². The number of hydrogen-bond donors (Lipinski definition) is 0. The Morgan fingerprint density at radius 1 is 1.10 bits per heavy atom. The van der Waals surface area contributed by atoms with Crippen molar-refractivity contribution in [1.82, 2.24) is 0 Å². The summed E-state index contributed by atoms with van der Waals surface area (Å²) in [6.07, 6.45) is 18.9. The number of carbonyl (C=O) groups excluding carboxylic acids is 1. The Bertz CT molecular complexity index is 294. The summed E-state index contributed by atoms with van der Waals surface area (Å²) in [6, 6.07) is 0. The van der Waals surface area contributed by atoms with Gasteiger partial charge in [-0.15, -0.1) is 6.58 Å². The van der Waals surface area contributed by atoms with E-state index in [2.05, 4.69) is 18.7 Å². The molecular weight excluding hydrogens is 248 g/mol. The molecule has 0 spiro atoms. The minimum Gasteiger partial charge on any atom is -0.465 e. The van der Waals surface area contributed by atoms with Crippen LogP contribution in [0, 0.1) is 5.92 Å². The molecule has 0 aromatic rings. The van der Waals surface area contributed by atoms with E-state index in [0.29, 0.717) is 6.61 Å². The molecule has 0 aliphatic heterocycles. The summed E-state index contributed by atoms with van der Waals surface area (Å²) in [5.41, 5.74) is 0. The van der Waals surface area contributed by atoms with Gasteiger partial charge in [0.25, 0.3) is 0 Å². The van der Waals surface area contributed by atoms with Crippen LogP contribution in [0.3, 0.4) is 0 Å². The van der Waals surface area contributed by atoms with Crippen LogP contribution in [0.4, 0.5) is 0 Å². The number of esters is 1. The van der Waals surface area contributed by atoms with E-state index in [0.717, 1.165) is 32.1 Å². The van der Waals surface area contributed by atoms with Gasteiger partial charge < -0.3 is 4.74 Å². The molecule has 0 saturated carbocycles. The van der Waals surface area contributed by atoms with Crippen molar-refractivity contribution >= 4 is 5.97 Å². The maximum atomic E-state index is 11.8. The standard InChI is InChI=1S/C18H30O2/c1-2-3-4-5-6-7-8-9-13-16-20-18(19)17-14-11-10-12-15-17/h2,10-11,17H,1,3-9,12-16H2. The number of unbranched alkanes of at least 4 members (excludes halogenated alkanes) is 7. The van der Waals surface area contributed by atoms with Crippen LogP contribution in [-0.4, -0.2) is 12.6 Å². The molecule has 0 bridgehead atoms. The molecule has 1 aliphatic rings. The Balaban J connectivity index is 1.85. The van der Waals surface area contributed by atoms with Crippen LogP contribution < -0.4 is 0 Å². The van der Waals surface area contributed by atoms with E-state index in [9.17, 15) is 4.79 Å². The summed E-state index contributed by atoms with van der Waals surface area (Å²) < 4.78 is 5.36. The molecule has 0 fully saturated rings. The normalized spacial score (nSPS) is 17.9. The maximum Gasteiger partial charge on any atom is 0.309 e. The molecule has 20 heavy (non-hydrogen) atoms. The van der Waals surface area contributed by atoms with E-state index in [1.54, 1.807) is 0 Å². The van der Waals surface area contributed by atoms with Gasteiger partial charge in [0.2, 0.25) is 0 Å². The quantitative estimate of drug-likeness (QED) is 0.295. The van der Waals surface area contributed by atoms with Crippen LogP contribution in [0.2, 0.25) is 0 Å². The van der Waals surface area contributed by atoms with Crippen molar-refractivity contribution in [3.63, 3.8) is 0 Å². The van der Waals surface area contributed by atoms with Crippen LogP contribution in [0.15, 0.2) is 24.8 Å². The first-order chi connectivity index (χ1) is 9.84. The van der Waals surface area contributed by atoms with Gasteiger partial charge in [0, 0.05) is 0 Å². The highest BCUT2D eigenvalue weighted by Crippen LogP contribution is 2.19. The highest BCUT2D eigenvalue weighted by Gasteiger charge is 2.19. The first-order valence-corrected chi connectivity index (χ1v) is 8.27. The molecule has 0 aromatic carbocycles. The number of allylic oxidation sites excluding steroid dienone is 3. The molecule has 1 atom stereocenters. The lowest BCUT2D eigenvalue weighted by molar-refractivity contribution is -0.148. The second kappa shape index (κ2) is 11.7. The third kappa shape index (κ3) is 8.19. The monoisotopic (exact) mass is 278 g/mol. The van der Waals surface area contributed by atoms with Crippen molar-refractivity contribution in [1.29, 1.82) is 0 Å². The minimum absolute atomic E-state index is 0.0128. The second-order valence-corrected chi connectivity index (χ2v) is 5.70. The molecule has 1 aliphatic carbocycles. The van der Waals surface area contributed by atoms with Crippen LogP contribution in [0.25, 0.3) is 0 Å². The summed E-state index contributed by atoms with van der Waals surface area (Å²) in [5, 5.41) is 0. The molecule has 1 rings (SSSR count). The predicted octanol–water partition coefficient (Wildman–Crippen LogP) is 5.19. The average molecular weight is 278 g/mol. The van der Waals surface area contributed by atoms with Gasteiger partial charge in [-0.2, -0.15) is 0 Å². The Labute approximate surface area is 124 Å². The predicted molar refractivity (Wildman–Crippen MR) is 84.6 cm³/mol. The van der Waals surface area contributed by atoms with Crippen molar-refractivity contribution in [2.24, 2.45) is 5.92 Å². The largest absolute Gasteiger partial charge is 0.465 e. The van der Waals surface area contributed by atoms with Crippen molar-refractivity contribution in [3.8, 4) is 0 Å². The minimum atomic E-state index is 0.0128. The Kier molecular flexibility index (Phi) is 9.99. The van der Waals surface area contributed by atoms with Crippen molar-refractivity contribution in [3.05, 3.63) is 24.8 Å². The summed E-state index contributed by atoms with van der Waals surface area (Å²) in [4.78, 5) is 11.8. The Morgan fingerprint density at radius 3 is 2.45 bits per heavy atom. The lowest BCUT2D eigenvalue weighted by atomic mass is 9.95. The first kappa shape index (κ1) is 17.0. The van der Waals surface area contributed by atoms with E-state index in [1.807, 2.05) is 6.08 Å². The summed E-state index contributed by atoms with van der Waals surface area (Å²) in [7, 11) is 0. The number of carbonyl (C=O) groups is 1. The number of ether oxygens (including phenoxy) is 1. The zero-order valence-electron chi connectivity index (χ0n) is 12.8. The fourth-order valence-electron chi connectivity index (χ4n) is 2.57. The molecule has 0 radical (unpaired) electrons. The Hall–Kier alpha value is -1.05. The smallest absolute Gasteiger partial charge is 0.309 e. The highest BCUT2D eigenvalue weighted by atomic mass is 16.5. The third-order valence-electron chi connectivity index (χ3n) is 3.90. The summed E-state index contributed by atoms with van der Waals surface area (Å²) in [6.45, 7) is 4.34. The fraction of sp³-hybridized carbons (Fsp3) is 0.722. The summed E-state index contributed by atoms with van der Waals surface area (Å²) >= 11 is 0. The van der Waals surface area contributed by atoms with Crippen LogP contribution in [0.5, 0.6) is 0 Å². The third-order valence-corrected chi connectivity index (χ3v) is 3.90. The van der Waals surface area contributed by atoms with Gasteiger partial charge in [0.05, 0.1) is 12.5 Å². The van der Waals surface area contributed by atoms with Gasteiger partial charge in [-0.05, 0) is 38.5 Å². The van der Waals surface area contributed by atoms with Crippen LogP contribution in [-0.2, 0) is 9.53 Å². The molecule has 0 saturated heterocycles. The van der Waals surface area contributed by atoms with Crippen molar-refractivity contribution in [2.45, 2.75) is 70.6 Å². The van der Waals surface area contributed by atoms with Gasteiger partial charge in [0.1, 0.15) is 0 Å². The molecule has 2 nitrogen and oxygen atoms in total. The topological polar surface area (TPSA) is 26.3 Å². The lowest BCUT2D eigenvalue weighted by Gasteiger charge is -2.16. The Morgan fingerprint density at radius 2 is 1.80 bits per heavy atom. The maximum absolute atomic E-state index is 11.8. The van der Waals surface area contributed by atoms with E-state index < -0.39 is 0 Å². The molecule has 0 heterocycles. The van der Waals surface area contributed by atoms with Gasteiger partial charge in [0.15, 0.2) is 0 Å². The number of rotatable bonds is 11. The van der Waals surface area contributed by atoms with E-state index in [4.69, 9.17) is 4.74 Å². The zero-order valence-corrected chi connectivity index (χ0v) is 12.8. The zero-order chi connectivity index (χ0) is 14.5. The fourth-order valence-corrected chi connectivity index (χ4v) is 2.57. The van der Waals surface area contributed by atoms with E-state index >= 15 is 0 Å². The molecule has 114 valence electrons. The number of hydrogen-bond acceptors (Lipinski definition) is 2. The molecular formula is C18H30O2. The van der Waals surface area contributed by atoms with E-state index in [-0.39, 0.29) is 11.9 Å². The van der Waals surface area contributed by atoms with Crippen LogP contribution in [0.1, 0.15) is 70.6 Å². The van der Waals surface area contributed by atoms with Gasteiger partial charge in [-0.1, -0.05) is 50.3 Å². The van der Waals surface area contributed by atoms with Gasteiger partial charge in [-0.3, -0.25) is 4.79 Å². The highest BCUT2D eigenvalue weighted by molar-refractivity contribution is 5.72. The molecule has 2 heteroatoms. The molecule has 0 aromatic heterocycles. The first-order valence-electron chi connectivity index (χ1n) is 8.27. The van der Waals surface area contributed by atoms with Gasteiger partial charge >= 0.3 is 5.97 Å². The summed E-state index contributed by atoms with van der Waals surface area (Å²) in [5.74, 6) is 0.128. The molecule has 0 amide bonds. The molecule has 0 N–H and O–H groups in total. The van der Waals surface area contributed by atoms with E-state index in [1.165, 1.54) is 38.5 Å². The SMILES string of the molecule is C=CCCCCCCCCCOC(=O)C1CC=CCC1. The average Bonchev–Trinajstić information content (AvgIpc) is 2.50. The molecule has 1 unspecified atom stereocenters.